The first-order chi connectivity index (χ1) is 4.47. The number of nitrogens with zero attached hydrogens (tertiary/aromatic N) is 3. The van der Waals surface area contributed by atoms with E-state index in [1.165, 1.54) is 0 Å². The Bertz CT molecular complexity index is 172. The molecule has 48 valence electrons. The molecule has 0 aromatic heterocycles. The van der Waals surface area contributed by atoms with E-state index in [9.17, 15) is 0 Å². The van der Waals surface area contributed by atoms with E-state index in [4.69, 9.17) is 0 Å². The average molecular weight is 124 g/mol. The Hall–Kier alpha value is -1.06. The molecule has 4 heteroatoms. The number of aliphatic imine (C=N–C) groups is 1. The summed E-state index contributed by atoms with van der Waals surface area (Å²) in [5.74, 6) is 0.928. The fourth-order valence-corrected chi connectivity index (χ4v) is 1.01. The molecule has 0 saturated carbocycles. The highest BCUT2D eigenvalue weighted by atomic mass is 15.5. The van der Waals surface area contributed by atoms with Gasteiger partial charge < -0.3 is 4.90 Å². The van der Waals surface area contributed by atoms with Crippen molar-refractivity contribution in [2.75, 3.05) is 19.6 Å². The van der Waals surface area contributed by atoms with Gasteiger partial charge in [0.1, 0.15) is 0 Å². The molecule has 0 aromatic rings. The van der Waals surface area contributed by atoms with Crippen molar-refractivity contribution in [2.24, 2.45) is 10.1 Å². The Morgan fingerprint density at radius 1 is 1.67 bits per heavy atom. The van der Waals surface area contributed by atoms with Crippen LogP contribution >= 0.6 is 0 Å². The van der Waals surface area contributed by atoms with Crippen molar-refractivity contribution in [3.05, 3.63) is 0 Å². The lowest BCUT2D eigenvalue weighted by Gasteiger charge is -2.19. The summed E-state index contributed by atoms with van der Waals surface area (Å²) in [5.41, 5.74) is 2.83. The molecule has 0 saturated heterocycles. The van der Waals surface area contributed by atoms with Crippen LogP contribution < -0.4 is 5.43 Å². The fraction of sp³-hybridized carbons (Fsp3) is 0.600. The summed E-state index contributed by atoms with van der Waals surface area (Å²) >= 11 is 0. The minimum Gasteiger partial charge on any atom is -0.334 e. The maximum absolute atomic E-state index is 4.18. The third-order valence-corrected chi connectivity index (χ3v) is 1.49. The Kier molecular flexibility index (Phi) is 0.913. The summed E-state index contributed by atoms with van der Waals surface area (Å²) in [5, 5.41) is 3.87. The van der Waals surface area contributed by atoms with E-state index < -0.39 is 0 Å². The Labute approximate surface area is 53.3 Å². The van der Waals surface area contributed by atoms with Crippen molar-refractivity contribution in [1.29, 1.82) is 0 Å². The molecule has 4 nitrogen and oxygen atoms in total. The van der Waals surface area contributed by atoms with Crippen LogP contribution in [0.1, 0.15) is 0 Å². The van der Waals surface area contributed by atoms with E-state index in [1.807, 2.05) is 6.21 Å². The van der Waals surface area contributed by atoms with Gasteiger partial charge in [-0.1, -0.05) is 0 Å². The molecule has 0 aliphatic carbocycles. The van der Waals surface area contributed by atoms with Gasteiger partial charge in [0.05, 0.1) is 13.1 Å². The molecule has 0 atom stereocenters. The van der Waals surface area contributed by atoms with Crippen molar-refractivity contribution in [2.45, 2.75) is 0 Å². The Balaban J connectivity index is 2.20. The number of fused-ring (bicyclic) bond motifs is 1. The van der Waals surface area contributed by atoms with Crippen LogP contribution in [0, 0.1) is 0 Å². The molecule has 2 heterocycles. The molecule has 9 heavy (non-hydrogen) atoms. The minimum absolute atomic E-state index is 0.908. The normalized spacial score (nSPS) is 23.1. The summed E-state index contributed by atoms with van der Waals surface area (Å²) in [4.78, 5) is 6.34. The van der Waals surface area contributed by atoms with Crippen LogP contribution in [-0.4, -0.2) is 36.7 Å². The maximum Gasteiger partial charge on any atom is 0.215 e. The molecule has 2 aliphatic rings. The van der Waals surface area contributed by atoms with Crippen molar-refractivity contribution >= 4 is 12.2 Å². The third kappa shape index (κ3) is 0.667. The van der Waals surface area contributed by atoms with Crippen molar-refractivity contribution < 1.29 is 0 Å². The standard InChI is InChI=1S/C5H8N4/c1-3-9-4-2-7-8-5(9)6-1/h2H,1,3-4H2,(H,6,8). The molecule has 0 fully saturated rings. The zero-order valence-electron chi connectivity index (χ0n) is 5.04. The van der Waals surface area contributed by atoms with Crippen LogP contribution in [-0.2, 0) is 0 Å². The molecular weight excluding hydrogens is 116 g/mol. The van der Waals surface area contributed by atoms with E-state index >= 15 is 0 Å². The lowest BCUT2D eigenvalue weighted by Crippen LogP contribution is -2.40. The van der Waals surface area contributed by atoms with Crippen LogP contribution in [0.4, 0.5) is 0 Å². The second-order valence-corrected chi connectivity index (χ2v) is 2.07. The molecule has 0 radical (unpaired) electrons. The number of rotatable bonds is 0. The van der Waals surface area contributed by atoms with Crippen LogP contribution in [0.3, 0.4) is 0 Å². The summed E-state index contributed by atoms with van der Waals surface area (Å²) in [6, 6.07) is 0. The zero-order chi connectivity index (χ0) is 6.10. The van der Waals surface area contributed by atoms with Gasteiger partial charge in [-0.05, 0) is 0 Å². The summed E-state index contributed by atoms with van der Waals surface area (Å²) in [6.07, 6.45) is 1.85. The number of hydrogen-bond acceptors (Lipinski definition) is 4. The largest absolute Gasteiger partial charge is 0.334 e. The molecule has 0 amide bonds. The average Bonchev–Trinajstić information content (AvgIpc) is 2.33. The summed E-state index contributed by atoms with van der Waals surface area (Å²) < 4.78 is 0. The smallest absolute Gasteiger partial charge is 0.215 e. The first-order valence-electron chi connectivity index (χ1n) is 3.04. The molecule has 0 bridgehead atoms. The predicted molar refractivity (Wildman–Crippen MR) is 35.5 cm³/mol. The van der Waals surface area contributed by atoms with E-state index in [0.717, 1.165) is 25.6 Å². The number of hydrogen-bond donors (Lipinski definition) is 1. The van der Waals surface area contributed by atoms with Crippen LogP contribution in [0.2, 0.25) is 0 Å². The lowest BCUT2D eigenvalue weighted by molar-refractivity contribution is 0.495. The van der Waals surface area contributed by atoms with Crippen molar-refractivity contribution in [3.63, 3.8) is 0 Å². The van der Waals surface area contributed by atoms with Crippen molar-refractivity contribution in [3.8, 4) is 0 Å². The van der Waals surface area contributed by atoms with Gasteiger partial charge in [-0.3, -0.25) is 0 Å². The molecule has 2 rings (SSSR count). The highest BCUT2D eigenvalue weighted by Gasteiger charge is 2.16. The first kappa shape index (κ1) is 4.78. The van der Waals surface area contributed by atoms with Gasteiger partial charge in [0.25, 0.3) is 0 Å². The Morgan fingerprint density at radius 2 is 2.67 bits per heavy atom. The zero-order valence-corrected chi connectivity index (χ0v) is 5.04. The number of hydrazone groups is 1. The summed E-state index contributed by atoms with van der Waals surface area (Å²) in [7, 11) is 0. The van der Waals surface area contributed by atoms with Gasteiger partial charge >= 0.3 is 0 Å². The van der Waals surface area contributed by atoms with Crippen LogP contribution in [0.5, 0.6) is 0 Å². The van der Waals surface area contributed by atoms with E-state index in [2.05, 4.69) is 20.4 Å². The van der Waals surface area contributed by atoms with Gasteiger partial charge in [0.2, 0.25) is 5.96 Å². The molecule has 0 spiro atoms. The molecule has 2 aliphatic heterocycles. The van der Waals surface area contributed by atoms with Gasteiger partial charge in [-0.25, -0.2) is 10.4 Å². The fourth-order valence-electron chi connectivity index (χ4n) is 1.01. The lowest BCUT2D eigenvalue weighted by atomic mass is 10.5. The maximum atomic E-state index is 4.18. The number of guanidine groups is 1. The topological polar surface area (TPSA) is 40.0 Å². The van der Waals surface area contributed by atoms with Crippen molar-refractivity contribution in [1.82, 2.24) is 10.3 Å². The van der Waals surface area contributed by atoms with Gasteiger partial charge in [0, 0.05) is 12.8 Å². The molecule has 0 unspecified atom stereocenters. The Morgan fingerprint density at radius 3 is 3.56 bits per heavy atom. The second-order valence-electron chi connectivity index (χ2n) is 2.07. The quantitative estimate of drug-likeness (QED) is 0.461. The van der Waals surface area contributed by atoms with Crippen LogP contribution in [0.15, 0.2) is 10.1 Å². The predicted octanol–water partition coefficient (Wildman–Crippen LogP) is -0.753. The third-order valence-electron chi connectivity index (χ3n) is 1.49. The van der Waals surface area contributed by atoms with Gasteiger partial charge in [0.15, 0.2) is 0 Å². The molecular formula is C5H8N4. The second kappa shape index (κ2) is 1.72. The monoisotopic (exact) mass is 124 g/mol. The highest BCUT2D eigenvalue weighted by Crippen LogP contribution is 1.99. The van der Waals surface area contributed by atoms with Crippen LogP contribution in [0.25, 0.3) is 0 Å². The van der Waals surface area contributed by atoms with E-state index in [-0.39, 0.29) is 0 Å². The molecule has 1 N–H and O–H groups in total. The SMILES string of the molecule is C1=NNC2=NCCN2C1. The van der Waals surface area contributed by atoms with Gasteiger partial charge in [-0.15, -0.1) is 0 Å². The van der Waals surface area contributed by atoms with Gasteiger partial charge in [-0.2, -0.15) is 5.10 Å². The summed E-state index contributed by atoms with van der Waals surface area (Å²) in [6.45, 7) is 2.85. The van der Waals surface area contributed by atoms with E-state index in [1.54, 1.807) is 0 Å². The first-order valence-corrected chi connectivity index (χ1v) is 3.04. The molecule has 0 aromatic carbocycles. The number of nitrogens with one attached hydrogen (secondary N) is 1. The van der Waals surface area contributed by atoms with E-state index in [0.29, 0.717) is 0 Å². The minimum atomic E-state index is 0.908. The highest BCUT2D eigenvalue weighted by molar-refractivity contribution is 5.86.